The van der Waals surface area contributed by atoms with E-state index in [1.54, 1.807) is 11.9 Å². The van der Waals surface area contributed by atoms with Gasteiger partial charge in [0.2, 0.25) is 5.91 Å². The summed E-state index contributed by atoms with van der Waals surface area (Å²) in [5, 5.41) is 9.31. The number of amides is 1. The first-order valence-electron chi connectivity index (χ1n) is 5.59. The number of hydrogen-bond donors (Lipinski definition) is 1. The van der Waals surface area contributed by atoms with E-state index >= 15 is 0 Å². The Balaban J connectivity index is 2.65. The van der Waals surface area contributed by atoms with Crippen LogP contribution in [-0.4, -0.2) is 35.6 Å². The Bertz CT molecular complexity index is 324. The highest BCUT2D eigenvalue weighted by Crippen LogP contribution is 2.08. The van der Waals surface area contributed by atoms with Gasteiger partial charge < -0.3 is 10.0 Å². The normalized spacial score (nSPS) is 12.2. The third-order valence-corrected chi connectivity index (χ3v) is 2.77. The monoisotopic (exact) mass is 221 g/mol. The SMILES string of the molecule is CCC(=O)N(C)[C@H](CO)Cc1ccccc1. The molecule has 1 N–H and O–H groups in total. The van der Waals surface area contributed by atoms with Gasteiger partial charge >= 0.3 is 0 Å². The van der Waals surface area contributed by atoms with Crippen molar-refractivity contribution in [2.45, 2.75) is 25.8 Å². The van der Waals surface area contributed by atoms with E-state index in [0.29, 0.717) is 12.8 Å². The topological polar surface area (TPSA) is 40.5 Å². The molecule has 0 spiro atoms. The quantitative estimate of drug-likeness (QED) is 0.817. The number of likely N-dealkylation sites (N-methyl/N-ethyl adjacent to an activating group) is 1. The average Bonchev–Trinajstić information content (AvgIpc) is 2.35. The summed E-state index contributed by atoms with van der Waals surface area (Å²) in [6, 6.07) is 9.77. The van der Waals surface area contributed by atoms with Crippen molar-refractivity contribution in [3.05, 3.63) is 35.9 Å². The summed E-state index contributed by atoms with van der Waals surface area (Å²) in [4.78, 5) is 13.1. The number of carbonyl (C=O) groups excluding carboxylic acids is 1. The Morgan fingerprint density at radius 1 is 1.38 bits per heavy atom. The van der Waals surface area contributed by atoms with E-state index in [1.165, 1.54) is 0 Å². The summed E-state index contributed by atoms with van der Waals surface area (Å²) in [6.07, 6.45) is 1.17. The maximum Gasteiger partial charge on any atom is 0.222 e. The van der Waals surface area contributed by atoms with Gasteiger partial charge in [-0.2, -0.15) is 0 Å². The molecule has 1 aromatic carbocycles. The van der Waals surface area contributed by atoms with E-state index in [4.69, 9.17) is 0 Å². The van der Waals surface area contributed by atoms with Crippen molar-refractivity contribution in [2.24, 2.45) is 0 Å². The Hall–Kier alpha value is -1.35. The van der Waals surface area contributed by atoms with Crippen molar-refractivity contribution in [3.63, 3.8) is 0 Å². The molecule has 0 saturated heterocycles. The van der Waals surface area contributed by atoms with E-state index in [2.05, 4.69) is 0 Å². The fourth-order valence-electron chi connectivity index (χ4n) is 1.66. The largest absolute Gasteiger partial charge is 0.394 e. The summed E-state index contributed by atoms with van der Waals surface area (Å²) in [7, 11) is 1.75. The van der Waals surface area contributed by atoms with Crippen molar-refractivity contribution in [1.29, 1.82) is 0 Å². The summed E-state index contributed by atoms with van der Waals surface area (Å²) in [6.45, 7) is 1.83. The van der Waals surface area contributed by atoms with Crippen LogP contribution >= 0.6 is 0 Å². The molecule has 0 radical (unpaired) electrons. The first-order valence-corrected chi connectivity index (χ1v) is 5.59. The summed E-state index contributed by atoms with van der Waals surface area (Å²) < 4.78 is 0. The van der Waals surface area contributed by atoms with Crippen LogP contribution in [0.2, 0.25) is 0 Å². The van der Waals surface area contributed by atoms with Crippen molar-refractivity contribution in [1.82, 2.24) is 4.90 Å². The van der Waals surface area contributed by atoms with Crippen LogP contribution < -0.4 is 0 Å². The molecule has 0 aliphatic carbocycles. The number of carbonyl (C=O) groups is 1. The minimum Gasteiger partial charge on any atom is -0.394 e. The number of rotatable bonds is 5. The highest BCUT2D eigenvalue weighted by atomic mass is 16.3. The van der Waals surface area contributed by atoms with Gasteiger partial charge in [0, 0.05) is 13.5 Å². The van der Waals surface area contributed by atoms with Gasteiger partial charge in [0.05, 0.1) is 12.6 Å². The summed E-state index contributed by atoms with van der Waals surface area (Å²) in [5.41, 5.74) is 1.14. The smallest absolute Gasteiger partial charge is 0.222 e. The number of aliphatic hydroxyl groups is 1. The van der Waals surface area contributed by atoms with Crippen LogP contribution in [0.15, 0.2) is 30.3 Å². The lowest BCUT2D eigenvalue weighted by molar-refractivity contribution is -0.132. The highest BCUT2D eigenvalue weighted by Gasteiger charge is 2.17. The van der Waals surface area contributed by atoms with Crippen LogP contribution in [0.4, 0.5) is 0 Å². The molecular formula is C13H19NO2. The van der Waals surface area contributed by atoms with Gasteiger partial charge in [-0.1, -0.05) is 37.3 Å². The van der Waals surface area contributed by atoms with Gasteiger partial charge in [-0.05, 0) is 12.0 Å². The molecule has 1 aromatic rings. The molecule has 0 bridgehead atoms. The van der Waals surface area contributed by atoms with E-state index in [0.717, 1.165) is 5.56 Å². The van der Waals surface area contributed by atoms with Crippen molar-refractivity contribution in [3.8, 4) is 0 Å². The van der Waals surface area contributed by atoms with Crippen molar-refractivity contribution >= 4 is 5.91 Å². The van der Waals surface area contributed by atoms with E-state index < -0.39 is 0 Å². The zero-order valence-electron chi connectivity index (χ0n) is 9.89. The Kier molecular flexibility index (Phi) is 4.99. The lowest BCUT2D eigenvalue weighted by atomic mass is 10.1. The lowest BCUT2D eigenvalue weighted by Gasteiger charge is -2.26. The molecular weight excluding hydrogens is 202 g/mol. The van der Waals surface area contributed by atoms with Crippen molar-refractivity contribution < 1.29 is 9.90 Å². The molecule has 0 fully saturated rings. The maximum atomic E-state index is 11.5. The predicted octanol–water partition coefficient (Wildman–Crippen LogP) is 1.46. The first-order chi connectivity index (χ1) is 7.69. The number of nitrogens with zero attached hydrogens (tertiary/aromatic N) is 1. The fraction of sp³-hybridized carbons (Fsp3) is 0.462. The van der Waals surface area contributed by atoms with Gasteiger partial charge in [-0.25, -0.2) is 0 Å². The maximum absolute atomic E-state index is 11.5. The first kappa shape index (κ1) is 12.7. The van der Waals surface area contributed by atoms with E-state index in [-0.39, 0.29) is 18.6 Å². The molecule has 16 heavy (non-hydrogen) atoms. The zero-order chi connectivity index (χ0) is 12.0. The number of hydrogen-bond acceptors (Lipinski definition) is 2. The second-order valence-corrected chi connectivity index (χ2v) is 3.88. The van der Waals surface area contributed by atoms with Crippen LogP contribution in [0.3, 0.4) is 0 Å². The minimum absolute atomic E-state index is 0.00284. The van der Waals surface area contributed by atoms with Gasteiger partial charge in [0.25, 0.3) is 0 Å². The standard InChI is InChI=1S/C13H19NO2/c1-3-13(16)14(2)12(10-15)9-11-7-5-4-6-8-11/h4-8,12,15H,3,9-10H2,1-2H3/t12-/m0/s1. The Morgan fingerprint density at radius 3 is 2.50 bits per heavy atom. The molecule has 0 aliphatic heterocycles. The van der Waals surface area contributed by atoms with Gasteiger partial charge in [-0.3, -0.25) is 4.79 Å². The second-order valence-electron chi connectivity index (χ2n) is 3.88. The number of benzene rings is 1. The molecule has 0 aromatic heterocycles. The lowest BCUT2D eigenvalue weighted by Crippen LogP contribution is -2.40. The molecule has 0 saturated carbocycles. The van der Waals surface area contributed by atoms with Gasteiger partial charge in [0.1, 0.15) is 0 Å². The molecule has 0 aliphatic rings. The minimum atomic E-state index is -0.130. The third kappa shape index (κ3) is 3.35. The van der Waals surface area contributed by atoms with Crippen LogP contribution in [0.25, 0.3) is 0 Å². The molecule has 0 unspecified atom stereocenters. The zero-order valence-corrected chi connectivity index (χ0v) is 9.89. The van der Waals surface area contributed by atoms with E-state index in [1.807, 2.05) is 37.3 Å². The molecule has 0 heterocycles. The fourth-order valence-corrected chi connectivity index (χ4v) is 1.66. The summed E-state index contributed by atoms with van der Waals surface area (Å²) >= 11 is 0. The van der Waals surface area contributed by atoms with Crippen LogP contribution in [0, 0.1) is 0 Å². The van der Waals surface area contributed by atoms with Gasteiger partial charge in [0.15, 0.2) is 0 Å². The average molecular weight is 221 g/mol. The molecule has 1 atom stereocenters. The van der Waals surface area contributed by atoms with Crippen LogP contribution in [-0.2, 0) is 11.2 Å². The van der Waals surface area contributed by atoms with Crippen LogP contribution in [0.5, 0.6) is 0 Å². The van der Waals surface area contributed by atoms with Crippen molar-refractivity contribution in [2.75, 3.05) is 13.7 Å². The third-order valence-electron chi connectivity index (χ3n) is 2.77. The Labute approximate surface area is 96.7 Å². The molecule has 1 amide bonds. The highest BCUT2D eigenvalue weighted by molar-refractivity contribution is 5.75. The molecule has 3 heteroatoms. The summed E-state index contributed by atoms with van der Waals surface area (Å²) in [5.74, 6) is 0.0648. The van der Waals surface area contributed by atoms with E-state index in [9.17, 15) is 9.90 Å². The molecule has 1 rings (SSSR count). The Morgan fingerprint density at radius 2 is 2.00 bits per heavy atom. The predicted molar refractivity (Wildman–Crippen MR) is 64.1 cm³/mol. The molecule has 88 valence electrons. The second kappa shape index (κ2) is 6.28. The number of aliphatic hydroxyl groups excluding tert-OH is 1. The van der Waals surface area contributed by atoms with Crippen LogP contribution in [0.1, 0.15) is 18.9 Å². The van der Waals surface area contributed by atoms with Gasteiger partial charge in [-0.15, -0.1) is 0 Å². The molecule has 3 nitrogen and oxygen atoms in total.